The maximum Gasteiger partial charge on any atom is 0.279 e. The Bertz CT molecular complexity index is 338. The molecular formula is C12H28N4O2S. The number of piperazine rings is 1. The van der Waals surface area contributed by atoms with Crippen LogP contribution in [-0.4, -0.2) is 62.9 Å². The molecule has 1 fully saturated rings. The van der Waals surface area contributed by atoms with Gasteiger partial charge in [0.2, 0.25) is 0 Å². The van der Waals surface area contributed by atoms with Crippen LogP contribution in [0.4, 0.5) is 0 Å². The van der Waals surface area contributed by atoms with E-state index < -0.39 is 10.2 Å². The molecule has 0 aromatic rings. The molecule has 0 atom stereocenters. The highest BCUT2D eigenvalue weighted by Gasteiger charge is 2.26. The van der Waals surface area contributed by atoms with E-state index in [9.17, 15) is 8.42 Å². The van der Waals surface area contributed by atoms with Crippen molar-refractivity contribution < 1.29 is 8.42 Å². The van der Waals surface area contributed by atoms with E-state index in [1.165, 1.54) is 0 Å². The Morgan fingerprint density at radius 2 is 1.74 bits per heavy atom. The number of nitrogens with two attached hydrogens (primary N) is 1. The first kappa shape index (κ1) is 16.8. The third-order valence-electron chi connectivity index (χ3n) is 3.23. The summed E-state index contributed by atoms with van der Waals surface area (Å²) in [6, 6.07) is -0.0562. The van der Waals surface area contributed by atoms with E-state index in [0.717, 1.165) is 45.4 Å². The van der Waals surface area contributed by atoms with Crippen LogP contribution in [0.1, 0.15) is 33.1 Å². The second kappa shape index (κ2) is 8.16. The van der Waals surface area contributed by atoms with Crippen molar-refractivity contribution in [2.24, 2.45) is 5.73 Å². The van der Waals surface area contributed by atoms with Gasteiger partial charge in [0, 0.05) is 32.2 Å². The highest BCUT2D eigenvalue weighted by Crippen LogP contribution is 2.08. The lowest BCUT2D eigenvalue weighted by Crippen LogP contribution is -2.53. The van der Waals surface area contributed by atoms with E-state index >= 15 is 0 Å². The highest BCUT2D eigenvalue weighted by molar-refractivity contribution is 7.87. The number of unbranched alkanes of at least 4 members (excludes halogenated alkanes) is 2. The van der Waals surface area contributed by atoms with Gasteiger partial charge in [-0.1, -0.05) is 6.42 Å². The fraction of sp³-hybridized carbons (Fsp3) is 1.00. The molecule has 1 heterocycles. The highest BCUT2D eigenvalue weighted by atomic mass is 32.2. The molecule has 3 N–H and O–H groups in total. The summed E-state index contributed by atoms with van der Waals surface area (Å²) in [6.45, 7) is 8.29. The van der Waals surface area contributed by atoms with Gasteiger partial charge in [-0.2, -0.15) is 17.4 Å². The van der Waals surface area contributed by atoms with Crippen LogP contribution in [0.2, 0.25) is 0 Å². The summed E-state index contributed by atoms with van der Waals surface area (Å²) in [5.74, 6) is 0. The maximum atomic E-state index is 12.0. The van der Waals surface area contributed by atoms with Gasteiger partial charge < -0.3 is 10.6 Å². The quantitative estimate of drug-likeness (QED) is 0.616. The molecule has 0 aromatic carbocycles. The first-order chi connectivity index (χ1) is 8.95. The predicted molar refractivity (Wildman–Crippen MR) is 78.1 cm³/mol. The molecule has 114 valence electrons. The summed E-state index contributed by atoms with van der Waals surface area (Å²) in [5.41, 5.74) is 5.46. The smallest absolute Gasteiger partial charge is 0.279 e. The molecule has 0 radical (unpaired) electrons. The fourth-order valence-corrected chi connectivity index (χ4v) is 3.61. The van der Waals surface area contributed by atoms with Crippen molar-refractivity contribution in [3.8, 4) is 0 Å². The van der Waals surface area contributed by atoms with Crippen molar-refractivity contribution in [2.45, 2.75) is 39.2 Å². The van der Waals surface area contributed by atoms with Gasteiger partial charge in [0.15, 0.2) is 0 Å². The van der Waals surface area contributed by atoms with Crippen molar-refractivity contribution in [3.05, 3.63) is 0 Å². The minimum atomic E-state index is -3.29. The Balaban J connectivity index is 2.28. The molecule has 0 bridgehead atoms. The normalized spacial score (nSPS) is 19.2. The van der Waals surface area contributed by atoms with Crippen LogP contribution >= 0.6 is 0 Å². The van der Waals surface area contributed by atoms with Crippen LogP contribution in [-0.2, 0) is 10.2 Å². The number of hydrogen-bond acceptors (Lipinski definition) is 4. The minimum Gasteiger partial charge on any atom is -0.330 e. The Morgan fingerprint density at radius 1 is 1.11 bits per heavy atom. The van der Waals surface area contributed by atoms with Gasteiger partial charge in [0.25, 0.3) is 10.2 Å². The fourth-order valence-electron chi connectivity index (χ4n) is 2.22. The first-order valence-electron chi connectivity index (χ1n) is 7.15. The molecule has 0 spiro atoms. The van der Waals surface area contributed by atoms with Crippen LogP contribution in [0.5, 0.6) is 0 Å². The number of hydrogen-bond donors (Lipinski definition) is 2. The van der Waals surface area contributed by atoms with E-state index in [2.05, 4.69) is 9.62 Å². The summed E-state index contributed by atoms with van der Waals surface area (Å²) >= 11 is 0. The van der Waals surface area contributed by atoms with Gasteiger partial charge in [-0.25, -0.2) is 0 Å². The summed E-state index contributed by atoms with van der Waals surface area (Å²) < 4.78 is 28.1. The average Bonchev–Trinajstić information content (AvgIpc) is 2.34. The second-order valence-corrected chi connectivity index (χ2v) is 7.07. The zero-order valence-electron chi connectivity index (χ0n) is 12.1. The minimum absolute atomic E-state index is 0.0562. The lowest BCUT2D eigenvalue weighted by Gasteiger charge is -2.34. The lowest BCUT2D eigenvalue weighted by atomic mass is 10.2. The molecule has 7 heteroatoms. The summed E-state index contributed by atoms with van der Waals surface area (Å²) in [5, 5.41) is 0. The summed E-state index contributed by atoms with van der Waals surface area (Å²) in [4.78, 5) is 2.33. The van der Waals surface area contributed by atoms with Crippen LogP contribution < -0.4 is 10.5 Å². The van der Waals surface area contributed by atoms with Gasteiger partial charge in [-0.15, -0.1) is 0 Å². The third-order valence-corrected chi connectivity index (χ3v) is 5.05. The predicted octanol–water partition coefficient (Wildman–Crippen LogP) is -0.0242. The van der Waals surface area contributed by atoms with Crippen molar-refractivity contribution in [3.63, 3.8) is 0 Å². The van der Waals surface area contributed by atoms with Gasteiger partial charge in [-0.05, 0) is 39.8 Å². The SMILES string of the molecule is CC(C)NS(=O)(=O)N1CCN(CCCCCN)CC1. The van der Waals surface area contributed by atoms with Crippen molar-refractivity contribution >= 4 is 10.2 Å². The Hall–Kier alpha value is -0.210. The molecule has 0 saturated carbocycles. The van der Waals surface area contributed by atoms with Gasteiger partial charge in [0.1, 0.15) is 0 Å². The number of rotatable bonds is 8. The van der Waals surface area contributed by atoms with Crippen LogP contribution in [0.25, 0.3) is 0 Å². The lowest BCUT2D eigenvalue weighted by molar-refractivity contribution is 0.184. The molecule has 0 aliphatic carbocycles. The molecule has 0 unspecified atom stereocenters. The first-order valence-corrected chi connectivity index (χ1v) is 8.59. The molecule has 1 aliphatic heterocycles. The molecular weight excluding hydrogens is 264 g/mol. The van der Waals surface area contributed by atoms with E-state index in [4.69, 9.17) is 5.73 Å². The zero-order chi connectivity index (χ0) is 14.3. The van der Waals surface area contributed by atoms with Crippen molar-refractivity contribution in [1.82, 2.24) is 13.9 Å². The summed E-state index contributed by atoms with van der Waals surface area (Å²) in [7, 11) is -3.29. The van der Waals surface area contributed by atoms with Crippen molar-refractivity contribution in [2.75, 3.05) is 39.3 Å². The number of nitrogens with zero attached hydrogens (tertiary/aromatic N) is 2. The topological polar surface area (TPSA) is 78.7 Å². The van der Waals surface area contributed by atoms with Gasteiger partial charge >= 0.3 is 0 Å². The molecule has 1 rings (SSSR count). The number of nitrogens with one attached hydrogen (secondary N) is 1. The van der Waals surface area contributed by atoms with E-state index in [0.29, 0.717) is 13.1 Å². The van der Waals surface area contributed by atoms with Crippen LogP contribution in [0.3, 0.4) is 0 Å². The molecule has 0 amide bonds. The monoisotopic (exact) mass is 292 g/mol. The zero-order valence-corrected chi connectivity index (χ0v) is 13.0. The summed E-state index contributed by atoms with van der Waals surface area (Å²) in [6.07, 6.45) is 3.38. The maximum absolute atomic E-state index is 12.0. The van der Waals surface area contributed by atoms with Gasteiger partial charge in [-0.3, -0.25) is 0 Å². The van der Waals surface area contributed by atoms with E-state index in [1.54, 1.807) is 4.31 Å². The molecule has 6 nitrogen and oxygen atoms in total. The Morgan fingerprint density at radius 3 is 2.26 bits per heavy atom. The standard InChI is InChI=1S/C12H28N4O2S/c1-12(2)14-19(17,18)16-10-8-15(9-11-16)7-5-3-4-6-13/h12,14H,3-11,13H2,1-2H3. The molecule has 1 aliphatic rings. The second-order valence-electron chi connectivity index (χ2n) is 5.37. The largest absolute Gasteiger partial charge is 0.330 e. The van der Waals surface area contributed by atoms with E-state index in [1.807, 2.05) is 13.8 Å². The Kier molecular flexibility index (Phi) is 7.23. The van der Waals surface area contributed by atoms with Gasteiger partial charge in [0.05, 0.1) is 0 Å². The molecule has 19 heavy (non-hydrogen) atoms. The van der Waals surface area contributed by atoms with Crippen LogP contribution in [0, 0.1) is 0 Å². The molecule has 0 aromatic heterocycles. The average molecular weight is 292 g/mol. The van der Waals surface area contributed by atoms with Crippen molar-refractivity contribution in [1.29, 1.82) is 0 Å². The van der Waals surface area contributed by atoms with E-state index in [-0.39, 0.29) is 6.04 Å². The third kappa shape index (κ3) is 6.18. The molecule has 1 saturated heterocycles. The van der Waals surface area contributed by atoms with Crippen LogP contribution in [0.15, 0.2) is 0 Å². The Labute approximate surface area is 117 Å².